The first-order valence-corrected chi connectivity index (χ1v) is 7.31. The molecule has 2 N–H and O–H groups in total. The lowest BCUT2D eigenvalue weighted by molar-refractivity contribution is 0.208. The van der Waals surface area contributed by atoms with Crippen molar-refractivity contribution in [3.8, 4) is 5.75 Å². The van der Waals surface area contributed by atoms with Gasteiger partial charge < -0.3 is 15.4 Å². The first-order chi connectivity index (χ1) is 9.15. The summed E-state index contributed by atoms with van der Waals surface area (Å²) >= 11 is 0. The van der Waals surface area contributed by atoms with Crippen LogP contribution in [0.2, 0.25) is 0 Å². The molecule has 0 spiro atoms. The number of benzene rings is 1. The highest BCUT2D eigenvalue weighted by molar-refractivity contribution is 5.60. The summed E-state index contributed by atoms with van der Waals surface area (Å²) in [7, 11) is 1.76. The molecule has 1 aliphatic heterocycles. The summed E-state index contributed by atoms with van der Waals surface area (Å²) < 4.78 is 5.53. The van der Waals surface area contributed by atoms with Crippen molar-refractivity contribution in [3.63, 3.8) is 0 Å². The van der Waals surface area contributed by atoms with Crippen LogP contribution < -0.4 is 15.4 Å². The Hall–Kier alpha value is -1.22. The molecule has 0 radical (unpaired) electrons. The Morgan fingerprint density at radius 2 is 1.84 bits per heavy atom. The Morgan fingerprint density at radius 3 is 2.47 bits per heavy atom. The van der Waals surface area contributed by atoms with Gasteiger partial charge in [-0.3, -0.25) is 0 Å². The van der Waals surface area contributed by atoms with Gasteiger partial charge in [0.2, 0.25) is 0 Å². The van der Waals surface area contributed by atoms with Gasteiger partial charge in [0, 0.05) is 19.1 Å². The lowest BCUT2D eigenvalue weighted by Crippen LogP contribution is -2.48. The summed E-state index contributed by atoms with van der Waals surface area (Å²) in [5.41, 5.74) is 8.70. The molecular formula is C16H24N2O. The first-order valence-electron chi connectivity index (χ1n) is 7.31. The number of methoxy groups -OCH3 is 1. The van der Waals surface area contributed by atoms with E-state index in [-0.39, 0.29) is 0 Å². The molecule has 1 saturated heterocycles. The Labute approximate surface area is 115 Å². The molecule has 2 unspecified atom stereocenters. The quantitative estimate of drug-likeness (QED) is 0.888. The van der Waals surface area contributed by atoms with Gasteiger partial charge in [-0.1, -0.05) is 6.07 Å². The minimum atomic E-state index is 0.422. The van der Waals surface area contributed by atoms with Gasteiger partial charge in [0.15, 0.2) is 0 Å². The molecule has 3 rings (SSSR count). The van der Waals surface area contributed by atoms with Crippen LogP contribution in [-0.4, -0.2) is 26.2 Å². The lowest BCUT2D eigenvalue weighted by atomic mass is 9.75. The molecule has 1 aromatic rings. The number of rotatable bonds is 2. The third-order valence-electron chi connectivity index (χ3n) is 4.57. The van der Waals surface area contributed by atoms with Crippen LogP contribution in [0.3, 0.4) is 0 Å². The summed E-state index contributed by atoms with van der Waals surface area (Å²) in [5, 5.41) is 0. The smallest absolute Gasteiger partial charge is 0.142 e. The second-order valence-corrected chi connectivity index (χ2v) is 6.28. The Morgan fingerprint density at radius 1 is 1.16 bits per heavy atom. The molecular weight excluding hydrogens is 236 g/mol. The van der Waals surface area contributed by atoms with Crippen molar-refractivity contribution in [1.82, 2.24) is 0 Å². The van der Waals surface area contributed by atoms with Crippen LogP contribution in [0.4, 0.5) is 5.69 Å². The molecule has 3 heteroatoms. The normalized spacial score (nSPS) is 30.3. The largest absolute Gasteiger partial charge is 0.495 e. The topological polar surface area (TPSA) is 38.5 Å². The number of hydrogen-bond donors (Lipinski definition) is 1. The highest BCUT2D eigenvalue weighted by Crippen LogP contribution is 2.39. The van der Waals surface area contributed by atoms with Crippen molar-refractivity contribution in [1.29, 1.82) is 0 Å². The van der Waals surface area contributed by atoms with E-state index in [0.29, 0.717) is 6.04 Å². The molecule has 1 heterocycles. The van der Waals surface area contributed by atoms with E-state index < -0.39 is 0 Å². The molecule has 2 aliphatic rings. The number of nitrogens with zero attached hydrogens (tertiary/aromatic N) is 1. The predicted molar refractivity (Wildman–Crippen MR) is 78.8 cm³/mol. The van der Waals surface area contributed by atoms with E-state index in [1.165, 1.54) is 30.5 Å². The second-order valence-electron chi connectivity index (χ2n) is 6.28. The van der Waals surface area contributed by atoms with Crippen LogP contribution in [0.5, 0.6) is 5.75 Å². The fourth-order valence-corrected chi connectivity index (χ4v) is 3.86. The summed E-state index contributed by atoms with van der Waals surface area (Å²) in [5.74, 6) is 2.51. The maximum absolute atomic E-state index is 6.15. The van der Waals surface area contributed by atoms with Crippen LogP contribution in [0.25, 0.3) is 0 Å². The summed E-state index contributed by atoms with van der Waals surface area (Å²) in [6, 6.07) is 6.87. The van der Waals surface area contributed by atoms with E-state index in [0.717, 1.165) is 30.7 Å². The second kappa shape index (κ2) is 5.04. The highest BCUT2D eigenvalue weighted by atomic mass is 16.5. The first kappa shape index (κ1) is 12.8. The van der Waals surface area contributed by atoms with Crippen LogP contribution in [-0.2, 0) is 0 Å². The van der Waals surface area contributed by atoms with Crippen molar-refractivity contribution < 1.29 is 4.74 Å². The van der Waals surface area contributed by atoms with Crippen molar-refractivity contribution in [2.24, 2.45) is 17.6 Å². The van der Waals surface area contributed by atoms with Gasteiger partial charge in [-0.2, -0.15) is 0 Å². The standard InChI is InChI=1S/C16H24N2O/c1-11-3-4-16(19-2)15(5-11)18-9-12-6-13(10-18)8-14(17)7-12/h3-5,12-14H,6-10,17H2,1-2H3. The highest BCUT2D eigenvalue weighted by Gasteiger charge is 2.34. The van der Waals surface area contributed by atoms with Crippen LogP contribution in [0.15, 0.2) is 18.2 Å². The number of nitrogens with two attached hydrogens (primary N) is 1. The minimum absolute atomic E-state index is 0.422. The van der Waals surface area contributed by atoms with Gasteiger partial charge in [-0.15, -0.1) is 0 Å². The molecule has 19 heavy (non-hydrogen) atoms. The summed E-state index contributed by atoms with van der Waals surface area (Å²) in [4.78, 5) is 2.51. The van der Waals surface area contributed by atoms with Crippen molar-refractivity contribution in [2.45, 2.75) is 32.2 Å². The zero-order valence-electron chi connectivity index (χ0n) is 11.9. The predicted octanol–water partition coefficient (Wildman–Crippen LogP) is 2.57. The molecule has 2 fully saturated rings. The monoisotopic (exact) mass is 260 g/mol. The third kappa shape index (κ3) is 2.57. The van der Waals surface area contributed by atoms with Gasteiger partial charge in [-0.05, 0) is 55.7 Å². The number of anilines is 1. The van der Waals surface area contributed by atoms with Gasteiger partial charge >= 0.3 is 0 Å². The van der Waals surface area contributed by atoms with Gasteiger partial charge in [0.1, 0.15) is 5.75 Å². The van der Waals surface area contributed by atoms with Gasteiger partial charge in [0.05, 0.1) is 12.8 Å². The van der Waals surface area contributed by atoms with Crippen molar-refractivity contribution >= 4 is 5.69 Å². The molecule has 0 aromatic heterocycles. The van der Waals surface area contributed by atoms with Crippen molar-refractivity contribution in [3.05, 3.63) is 23.8 Å². The SMILES string of the molecule is COc1ccc(C)cc1N1CC2CC(N)CC(C2)C1. The summed E-state index contributed by atoms with van der Waals surface area (Å²) in [6.45, 7) is 4.40. The number of ether oxygens (including phenoxy) is 1. The van der Waals surface area contributed by atoms with E-state index in [2.05, 4.69) is 30.0 Å². The van der Waals surface area contributed by atoms with Crippen molar-refractivity contribution in [2.75, 3.05) is 25.1 Å². The Balaban J connectivity index is 1.85. The third-order valence-corrected chi connectivity index (χ3v) is 4.57. The van der Waals surface area contributed by atoms with Crippen LogP contribution in [0.1, 0.15) is 24.8 Å². The van der Waals surface area contributed by atoms with E-state index in [9.17, 15) is 0 Å². The molecule has 3 nitrogen and oxygen atoms in total. The maximum Gasteiger partial charge on any atom is 0.142 e. The molecule has 104 valence electrons. The van der Waals surface area contributed by atoms with E-state index >= 15 is 0 Å². The Kier molecular flexibility index (Phi) is 3.40. The number of piperidine rings is 1. The molecule has 1 aliphatic carbocycles. The Bertz CT molecular complexity index is 442. The maximum atomic E-state index is 6.15. The average Bonchev–Trinajstić information content (AvgIpc) is 2.37. The molecule has 1 saturated carbocycles. The lowest BCUT2D eigenvalue weighted by Gasteiger charge is -2.44. The number of hydrogen-bond acceptors (Lipinski definition) is 3. The summed E-state index contributed by atoms with van der Waals surface area (Å²) in [6.07, 6.45) is 3.72. The fraction of sp³-hybridized carbons (Fsp3) is 0.625. The molecule has 2 bridgehead atoms. The van der Waals surface area contributed by atoms with Crippen LogP contribution >= 0.6 is 0 Å². The van der Waals surface area contributed by atoms with E-state index in [1.54, 1.807) is 7.11 Å². The number of aryl methyl sites for hydroxylation is 1. The zero-order chi connectivity index (χ0) is 13.4. The molecule has 0 amide bonds. The molecule has 2 atom stereocenters. The van der Waals surface area contributed by atoms with E-state index in [4.69, 9.17) is 10.5 Å². The van der Waals surface area contributed by atoms with Gasteiger partial charge in [0.25, 0.3) is 0 Å². The fourth-order valence-electron chi connectivity index (χ4n) is 3.86. The zero-order valence-corrected chi connectivity index (χ0v) is 11.9. The average molecular weight is 260 g/mol. The van der Waals surface area contributed by atoms with E-state index in [1.807, 2.05) is 0 Å². The molecule has 1 aromatic carbocycles. The minimum Gasteiger partial charge on any atom is -0.495 e. The number of fused-ring (bicyclic) bond motifs is 2. The van der Waals surface area contributed by atoms with Crippen LogP contribution in [0, 0.1) is 18.8 Å². The van der Waals surface area contributed by atoms with Gasteiger partial charge in [-0.25, -0.2) is 0 Å².